The Hall–Kier alpha value is -2.41. The van der Waals surface area contributed by atoms with Crippen LogP contribution in [0.1, 0.15) is 26.8 Å². The molecule has 1 aliphatic rings. The molecule has 7 heteroatoms. The molecule has 2 aromatic rings. The summed E-state index contributed by atoms with van der Waals surface area (Å²) in [4.78, 5) is 41.0. The molecule has 0 spiro atoms. The summed E-state index contributed by atoms with van der Waals surface area (Å²) in [6, 6.07) is 3.87. The van der Waals surface area contributed by atoms with E-state index in [-0.39, 0.29) is 11.5 Å². The highest BCUT2D eigenvalue weighted by atomic mass is 32.1. The maximum atomic E-state index is 12.7. The van der Waals surface area contributed by atoms with E-state index >= 15 is 0 Å². The number of amides is 1. The van der Waals surface area contributed by atoms with Gasteiger partial charge in [0.2, 0.25) is 5.56 Å². The highest BCUT2D eigenvalue weighted by Crippen LogP contribution is 2.34. The second kappa shape index (κ2) is 5.76. The van der Waals surface area contributed by atoms with Crippen LogP contribution < -0.4 is 5.56 Å². The van der Waals surface area contributed by atoms with Gasteiger partial charge in [0.15, 0.2) is 6.04 Å². The Bertz CT molecular complexity index is 759. The second-order valence-electron chi connectivity index (χ2n) is 4.91. The molecular weight excluding hydrogens is 304 g/mol. The van der Waals surface area contributed by atoms with Crippen molar-refractivity contribution >= 4 is 23.2 Å². The smallest absolute Gasteiger partial charge is 0.333 e. The fraction of sp³-hybridized carbons (Fsp3) is 0.267. The number of carbonyl (C=O) groups is 2. The predicted octanol–water partition coefficient (Wildman–Crippen LogP) is 1.35. The van der Waals surface area contributed by atoms with Crippen molar-refractivity contribution in [3.05, 3.63) is 56.1 Å². The summed E-state index contributed by atoms with van der Waals surface area (Å²) < 4.78 is 4.87. The van der Waals surface area contributed by atoms with Crippen LogP contribution in [0.15, 0.2) is 34.6 Å². The fourth-order valence-corrected chi connectivity index (χ4v) is 3.51. The highest BCUT2D eigenvalue weighted by molar-refractivity contribution is 7.10. The van der Waals surface area contributed by atoms with Gasteiger partial charge in [-0.1, -0.05) is 0 Å². The van der Waals surface area contributed by atoms with E-state index in [2.05, 4.69) is 4.98 Å². The summed E-state index contributed by atoms with van der Waals surface area (Å²) in [5.41, 5.74) is 0.882. The van der Waals surface area contributed by atoms with E-state index in [4.69, 9.17) is 4.74 Å². The number of rotatable bonds is 2. The van der Waals surface area contributed by atoms with Crippen LogP contribution in [0.3, 0.4) is 0 Å². The van der Waals surface area contributed by atoms with Crippen molar-refractivity contribution in [2.75, 3.05) is 13.7 Å². The predicted molar refractivity (Wildman–Crippen MR) is 80.9 cm³/mol. The maximum Gasteiger partial charge on any atom is 0.333 e. The van der Waals surface area contributed by atoms with Gasteiger partial charge in [-0.25, -0.2) is 4.79 Å². The molecule has 1 atom stereocenters. The molecule has 0 bridgehead atoms. The molecule has 114 valence electrons. The van der Waals surface area contributed by atoms with Crippen molar-refractivity contribution in [2.45, 2.75) is 12.5 Å². The fourth-order valence-electron chi connectivity index (χ4n) is 2.61. The first-order valence-corrected chi connectivity index (χ1v) is 7.63. The lowest BCUT2D eigenvalue weighted by Gasteiger charge is -2.34. The number of H-pyrrole nitrogens is 1. The van der Waals surface area contributed by atoms with E-state index in [9.17, 15) is 14.4 Å². The Labute approximate surface area is 130 Å². The van der Waals surface area contributed by atoms with Crippen molar-refractivity contribution in [1.29, 1.82) is 0 Å². The zero-order valence-corrected chi connectivity index (χ0v) is 12.7. The topological polar surface area (TPSA) is 79.5 Å². The summed E-state index contributed by atoms with van der Waals surface area (Å²) in [5, 5.41) is 1.91. The number of carbonyl (C=O) groups excluding carboxylic acids is 2. The van der Waals surface area contributed by atoms with Gasteiger partial charge in [0.05, 0.1) is 12.7 Å². The van der Waals surface area contributed by atoms with Gasteiger partial charge >= 0.3 is 5.97 Å². The molecule has 0 saturated carbocycles. The van der Waals surface area contributed by atoms with E-state index in [1.165, 1.54) is 30.3 Å². The van der Waals surface area contributed by atoms with Crippen molar-refractivity contribution in [2.24, 2.45) is 0 Å². The Balaban J connectivity index is 1.98. The lowest BCUT2D eigenvalue weighted by atomic mass is 9.99. The summed E-state index contributed by atoms with van der Waals surface area (Å²) >= 11 is 1.58. The Kier molecular flexibility index (Phi) is 3.81. The largest absolute Gasteiger partial charge is 0.467 e. The van der Waals surface area contributed by atoms with Crippen LogP contribution in [-0.4, -0.2) is 35.4 Å². The van der Waals surface area contributed by atoms with Crippen LogP contribution in [0.4, 0.5) is 0 Å². The average Bonchev–Trinajstić information content (AvgIpc) is 3.01. The molecular formula is C15H14N2O4S. The Morgan fingerprint density at radius 1 is 1.36 bits per heavy atom. The number of fused-ring (bicyclic) bond motifs is 1. The molecule has 0 aromatic carbocycles. The number of hydrogen-bond acceptors (Lipinski definition) is 5. The molecule has 0 aliphatic carbocycles. The molecule has 1 unspecified atom stereocenters. The minimum absolute atomic E-state index is 0.278. The number of esters is 1. The molecule has 1 aliphatic heterocycles. The molecule has 1 amide bonds. The van der Waals surface area contributed by atoms with Crippen LogP contribution in [0.25, 0.3) is 0 Å². The van der Waals surface area contributed by atoms with Crippen LogP contribution >= 0.6 is 11.3 Å². The molecule has 6 nitrogen and oxygen atoms in total. The summed E-state index contributed by atoms with van der Waals surface area (Å²) in [6.07, 6.45) is 2.07. The minimum atomic E-state index is -0.737. The van der Waals surface area contributed by atoms with E-state index in [1.807, 2.05) is 11.4 Å². The number of aromatic amines is 1. The van der Waals surface area contributed by atoms with Crippen molar-refractivity contribution in [3.8, 4) is 0 Å². The maximum absolute atomic E-state index is 12.7. The lowest BCUT2D eigenvalue weighted by Crippen LogP contribution is -2.43. The number of thiophene rings is 1. The lowest BCUT2D eigenvalue weighted by molar-refractivity contribution is -0.146. The second-order valence-corrected chi connectivity index (χ2v) is 5.92. The van der Waals surface area contributed by atoms with E-state index in [0.29, 0.717) is 18.5 Å². The van der Waals surface area contributed by atoms with Gasteiger partial charge < -0.3 is 14.6 Å². The number of hydrogen-bond donors (Lipinski definition) is 1. The van der Waals surface area contributed by atoms with Crippen molar-refractivity contribution < 1.29 is 14.3 Å². The van der Waals surface area contributed by atoms with Gasteiger partial charge in [-0.05, 0) is 29.5 Å². The zero-order chi connectivity index (χ0) is 15.7. The molecule has 0 fully saturated rings. The van der Waals surface area contributed by atoms with Gasteiger partial charge in [0.25, 0.3) is 5.91 Å². The molecule has 0 radical (unpaired) electrons. The molecule has 3 rings (SSSR count). The van der Waals surface area contributed by atoms with Crippen LogP contribution in [-0.2, 0) is 16.0 Å². The normalized spacial score (nSPS) is 17.0. The van der Waals surface area contributed by atoms with Gasteiger partial charge in [-0.2, -0.15) is 0 Å². The van der Waals surface area contributed by atoms with Gasteiger partial charge in [-0.15, -0.1) is 11.3 Å². The summed E-state index contributed by atoms with van der Waals surface area (Å²) in [7, 11) is 1.31. The number of ether oxygens (including phenoxy) is 1. The first kappa shape index (κ1) is 14.5. The van der Waals surface area contributed by atoms with Crippen LogP contribution in [0.2, 0.25) is 0 Å². The van der Waals surface area contributed by atoms with E-state index in [1.54, 1.807) is 11.3 Å². The first-order valence-electron chi connectivity index (χ1n) is 6.75. The van der Waals surface area contributed by atoms with Gasteiger partial charge in [0, 0.05) is 23.7 Å². The third-order valence-electron chi connectivity index (χ3n) is 3.68. The molecule has 1 N–H and O–H groups in total. The number of methoxy groups -OCH3 is 1. The monoisotopic (exact) mass is 318 g/mol. The standard InChI is InChI=1S/C15H14N2O4S/c1-21-15(20)13-10-5-7-22-11(10)4-6-17(13)14(19)9-2-3-12(18)16-8-9/h2-3,5,7-8,13H,4,6H2,1H3,(H,16,18). The number of nitrogens with zero attached hydrogens (tertiary/aromatic N) is 1. The van der Waals surface area contributed by atoms with Crippen molar-refractivity contribution in [3.63, 3.8) is 0 Å². The molecule has 3 heterocycles. The minimum Gasteiger partial charge on any atom is -0.467 e. The first-order chi connectivity index (χ1) is 10.6. The average molecular weight is 318 g/mol. The molecule has 22 heavy (non-hydrogen) atoms. The number of aromatic nitrogens is 1. The van der Waals surface area contributed by atoms with Gasteiger partial charge in [-0.3, -0.25) is 9.59 Å². The van der Waals surface area contributed by atoms with Gasteiger partial charge in [0.1, 0.15) is 0 Å². The third kappa shape index (κ3) is 2.43. The van der Waals surface area contributed by atoms with Crippen LogP contribution in [0.5, 0.6) is 0 Å². The van der Waals surface area contributed by atoms with E-state index < -0.39 is 12.0 Å². The Morgan fingerprint density at radius 2 is 2.18 bits per heavy atom. The number of nitrogens with one attached hydrogen (secondary N) is 1. The third-order valence-corrected chi connectivity index (χ3v) is 4.68. The van der Waals surface area contributed by atoms with Crippen molar-refractivity contribution in [1.82, 2.24) is 9.88 Å². The summed E-state index contributed by atoms with van der Waals surface area (Å²) in [6.45, 7) is 0.436. The molecule has 2 aromatic heterocycles. The quantitative estimate of drug-likeness (QED) is 0.848. The SMILES string of the molecule is COC(=O)C1c2ccsc2CCN1C(=O)c1ccc(=O)[nH]c1. The molecule has 0 saturated heterocycles. The number of pyridine rings is 1. The zero-order valence-electron chi connectivity index (χ0n) is 11.9. The Morgan fingerprint density at radius 3 is 2.86 bits per heavy atom. The highest BCUT2D eigenvalue weighted by Gasteiger charge is 2.37. The van der Waals surface area contributed by atoms with E-state index in [0.717, 1.165) is 10.4 Å². The van der Waals surface area contributed by atoms with Crippen LogP contribution in [0, 0.1) is 0 Å². The summed E-state index contributed by atoms with van der Waals surface area (Å²) in [5.74, 6) is -0.763.